The predicted molar refractivity (Wildman–Crippen MR) is 104 cm³/mol. The summed E-state index contributed by atoms with van der Waals surface area (Å²) in [7, 11) is 0. The van der Waals surface area contributed by atoms with Gasteiger partial charge < -0.3 is 10.6 Å². The van der Waals surface area contributed by atoms with E-state index in [1.54, 1.807) is 29.5 Å². The number of thiophene rings is 1. The quantitative estimate of drug-likeness (QED) is 0.851. The number of anilines is 1. The highest BCUT2D eigenvalue weighted by molar-refractivity contribution is 7.10. The molecule has 0 saturated heterocycles. The van der Waals surface area contributed by atoms with Crippen molar-refractivity contribution in [1.29, 1.82) is 0 Å². The topological polar surface area (TPSA) is 61.4 Å². The number of hydrogen-bond donors (Lipinski definition) is 2. The van der Waals surface area contributed by atoms with Crippen molar-refractivity contribution in [2.75, 3.05) is 18.4 Å². The van der Waals surface area contributed by atoms with E-state index in [0.29, 0.717) is 23.8 Å². The van der Waals surface area contributed by atoms with E-state index >= 15 is 0 Å². The summed E-state index contributed by atoms with van der Waals surface area (Å²) in [5.41, 5.74) is 2.59. The first-order valence-electron chi connectivity index (χ1n) is 9.11. The molecule has 0 spiro atoms. The van der Waals surface area contributed by atoms with Crippen LogP contribution in [-0.2, 0) is 11.2 Å². The maximum absolute atomic E-state index is 12.5. The third-order valence-corrected chi connectivity index (χ3v) is 6.07. The molecular formula is C20H23N3O2S. The number of carbonyl (C=O) groups excluding carboxylic acids is 2. The van der Waals surface area contributed by atoms with Gasteiger partial charge in [0.05, 0.1) is 6.54 Å². The molecule has 2 amide bonds. The van der Waals surface area contributed by atoms with Gasteiger partial charge in [-0.2, -0.15) is 0 Å². The smallest absolute Gasteiger partial charge is 0.251 e. The molecule has 1 aromatic carbocycles. The fourth-order valence-electron chi connectivity index (χ4n) is 3.40. The number of benzene rings is 1. The molecule has 2 N–H and O–H groups in total. The molecule has 2 aromatic rings. The Balaban J connectivity index is 1.37. The van der Waals surface area contributed by atoms with Crippen LogP contribution in [0.4, 0.5) is 5.69 Å². The molecule has 136 valence electrons. The average molecular weight is 369 g/mol. The van der Waals surface area contributed by atoms with Gasteiger partial charge in [-0.05, 0) is 61.4 Å². The minimum atomic E-state index is -0.0711. The van der Waals surface area contributed by atoms with Gasteiger partial charge in [0.25, 0.3) is 5.91 Å². The second-order valence-corrected chi connectivity index (χ2v) is 8.07. The second kappa shape index (κ2) is 7.21. The van der Waals surface area contributed by atoms with Gasteiger partial charge in [-0.25, -0.2) is 0 Å². The lowest BCUT2D eigenvalue weighted by atomic mass is 10.0. The Labute approximate surface area is 157 Å². The first-order chi connectivity index (χ1) is 12.6. The molecular weight excluding hydrogens is 346 g/mol. The number of fused-ring (bicyclic) bond motifs is 1. The van der Waals surface area contributed by atoms with Crippen molar-refractivity contribution in [2.24, 2.45) is 0 Å². The third kappa shape index (κ3) is 3.81. The number of carbonyl (C=O) groups is 2. The molecule has 26 heavy (non-hydrogen) atoms. The number of amides is 2. The molecule has 1 atom stereocenters. The molecule has 1 fully saturated rings. The summed E-state index contributed by atoms with van der Waals surface area (Å²) in [6.07, 6.45) is 3.12. The van der Waals surface area contributed by atoms with Crippen molar-refractivity contribution in [3.05, 3.63) is 51.7 Å². The fraction of sp³-hybridized carbons (Fsp3) is 0.400. The normalized spacial score (nSPS) is 19.7. The molecule has 0 radical (unpaired) electrons. The maximum atomic E-state index is 12.5. The number of nitrogens with zero attached hydrogens (tertiary/aromatic N) is 1. The van der Waals surface area contributed by atoms with Crippen molar-refractivity contribution in [3.8, 4) is 0 Å². The van der Waals surface area contributed by atoms with E-state index < -0.39 is 0 Å². The van der Waals surface area contributed by atoms with Crippen LogP contribution in [0.2, 0.25) is 0 Å². The van der Waals surface area contributed by atoms with Gasteiger partial charge in [0.2, 0.25) is 5.91 Å². The fourth-order valence-corrected chi connectivity index (χ4v) is 4.36. The summed E-state index contributed by atoms with van der Waals surface area (Å²) < 4.78 is 0. The highest BCUT2D eigenvalue weighted by atomic mass is 32.1. The molecule has 1 aromatic heterocycles. The zero-order valence-electron chi connectivity index (χ0n) is 14.8. The Kier molecular flexibility index (Phi) is 4.78. The summed E-state index contributed by atoms with van der Waals surface area (Å²) in [4.78, 5) is 28.3. The van der Waals surface area contributed by atoms with Gasteiger partial charge in [-0.15, -0.1) is 11.3 Å². The molecule has 4 rings (SSSR count). The van der Waals surface area contributed by atoms with Crippen LogP contribution in [0.25, 0.3) is 0 Å². The van der Waals surface area contributed by atoms with E-state index in [9.17, 15) is 9.59 Å². The van der Waals surface area contributed by atoms with Crippen LogP contribution in [0.5, 0.6) is 0 Å². The van der Waals surface area contributed by atoms with E-state index in [1.165, 1.54) is 10.4 Å². The lowest BCUT2D eigenvalue weighted by Crippen LogP contribution is -2.39. The SMILES string of the molecule is C[C@@H]1c2ccsc2CCN1CC(=O)Nc1cccc(C(=O)NC2CC2)c1. The first kappa shape index (κ1) is 17.2. The maximum Gasteiger partial charge on any atom is 0.251 e. The van der Waals surface area contributed by atoms with Crippen molar-refractivity contribution < 1.29 is 9.59 Å². The highest BCUT2D eigenvalue weighted by Gasteiger charge is 2.26. The van der Waals surface area contributed by atoms with E-state index in [-0.39, 0.29) is 17.9 Å². The highest BCUT2D eigenvalue weighted by Crippen LogP contribution is 2.32. The molecule has 6 heteroatoms. The molecule has 0 bridgehead atoms. The van der Waals surface area contributed by atoms with E-state index in [1.807, 2.05) is 6.07 Å². The standard InChI is InChI=1S/C20H23N3O2S/c1-13-17-8-10-26-18(17)7-9-23(13)12-19(24)21-16-4-2-3-14(11-16)20(25)22-15-5-6-15/h2-4,8,10-11,13,15H,5-7,9,12H2,1H3,(H,21,24)(H,22,25)/t13-/m1/s1. The molecule has 2 aliphatic rings. The first-order valence-corrected chi connectivity index (χ1v) is 9.99. The minimum absolute atomic E-state index is 0.0460. The summed E-state index contributed by atoms with van der Waals surface area (Å²) >= 11 is 1.80. The summed E-state index contributed by atoms with van der Waals surface area (Å²) in [5.74, 6) is -0.117. The van der Waals surface area contributed by atoms with Crippen molar-refractivity contribution >= 4 is 28.8 Å². The molecule has 1 aliphatic heterocycles. The average Bonchev–Trinajstić information content (AvgIpc) is 3.30. The number of hydrogen-bond acceptors (Lipinski definition) is 4. The third-order valence-electron chi connectivity index (χ3n) is 5.07. The molecule has 2 heterocycles. The molecule has 1 saturated carbocycles. The zero-order valence-corrected chi connectivity index (χ0v) is 15.6. The minimum Gasteiger partial charge on any atom is -0.349 e. The molecule has 1 aliphatic carbocycles. The van der Waals surface area contributed by atoms with Gasteiger partial charge in [0.1, 0.15) is 0 Å². The second-order valence-electron chi connectivity index (χ2n) is 7.07. The zero-order chi connectivity index (χ0) is 18.1. The number of rotatable bonds is 5. The monoisotopic (exact) mass is 369 g/mol. The van der Waals surface area contributed by atoms with Crippen molar-refractivity contribution in [1.82, 2.24) is 10.2 Å². The van der Waals surface area contributed by atoms with Gasteiger partial charge in [0, 0.05) is 34.8 Å². The molecule has 0 unspecified atom stereocenters. The lowest BCUT2D eigenvalue weighted by Gasteiger charge is -2.32. The Hall–Kier alpha value is -2.18. The summed E-state index contributed by atoms with van der Waals surface area (Å²) in [6.45, 7) is 3.40. The Morgan fingerprint density at radius 3 is 2.92 bits per heavy atom. The van der Waals surface area contributed by atoms with Gasteiger partial charge >= 0.3 is 0 Å². The van der Waals surface area contributed by atoms with Crippen molar-refractivity contribution in [3.63, 3.8) is 0 Å². The predicted octanol–water partition coefficient (Wildman–Crippen LogP) is 3.20. The Morgan fingerprint density at radius 1 is 1.27 bits per heavy atom. The molecule has 5 nitrogen and oxygen atoms in total. The van der Waals surface area contributed by atoms with E-state index in [0.717, 1.165) is 25.8 Å². The van der Waals surface area contributed by atoms with Crippen LogP contribution in [0.3, 0.4) is 0 Å². The van der Waals surface area contributed by atoms with Gasteiger partial charge in [-0.3, -0.25) is 14.5 Å². The van der Waals surface area contributed by atoms with Crippen LogP contribution >= 0.6 is 11.3 Å². The van der Waals surface area contributed by atoms with E-state index in [2.05, 4.69) is 33.9 Å². The largest absolute Gasteiger partial charge is 0.349 e. The summed E-state index contributed by atoms with van der Waals surface area (Å²) in [6, 6.07) is 9.89. The van der Waals surface area contributed by atoms with E-state index in [4.69, 9.17) is 0 Å². The Morgan fingerprint density at radius 2 is 2.12 bits per heavy atom. The van der Waals surface area contributed by atoms with Crippen LogP contribution in [0, 0.1) is 0 Å². The lowest BCUT2D eigenvalue weighted by molar-refractivity contribution is -0.117. The Bertz CT molecular complexity index is 828. The van der Waals surface area contributed by atoms with Gasteiger partial charge in [0.15, 0.2) is 0 Å². The number of nitrogens with one attached hydrogen (secondary N) is 2. The van der Waals surface area contributed by atoms with Crippen LogP contribution < -0.4 is 10.6 Å². The van der Waals surface area contributed by atoms with Crippen LogP contribution in [0.15, 0.2) is 35.7 Å². The summed E-state index contributed by atoms with van der Waals surface area (Å²) in [5, 5.41) is 8.03. The van der Waals surface area contributed by atoms with Gasteiger partial charge in [-0.1, -0.05) is 6.07 Å². The van der Waals surface area contributed by atoms with Crippen LogP contribution in [0.1, 0.15) is 46.6 Å². The van der Waals surface area contributed by atoms with Crippen LogP contribution in [-0.4, -0.2) is 35.8 Å². The van der Waals surface area contributed by atoms with Crippen molar-refractivity contribution in [2.45, 2.75) is 38.3 Å².